The molecule has 0 aliphatic carbocycles. The van der Waals surface area contributed by atoms with E-state index in [1.165, 1.54) is 4.90 Å². The van der Waals surface area contributed by atoms with E-state index in [-0.39, 0.29) is 6.03 Å². The maximum Gasteiger partial charge on any atom is 0.316 e. The average molecular weight is 293 g/mol. The molecule has 1 aliphatic rings. The van der Waals surface area contributed by atoms with E-state index >= 15 is 0 Å². The van der Waals surface area contributed by atoms with Gasteiger partial charge < -0.3 is 25.0 Å². The van der Waals surface area contributed by atoms with E-state index in [2.05, 4.69) is 10.6 Å². The highest BCUT2D eigenvalue weighted by Crippen LogP contribution is 2.30. The fraction of sp³-hybridized carbons (Fsp3) is 0.533. The predicted octanol–water partition coefficient (Wildman–Crippen LogP) is 1.21. The Labute approximate surface area is 125 Å². The van der Waals surface area contributed by atoms with Gasteiger partial charge in [0.2, 0.25) is 0 Å². The zero-order valence-corrected chi connectivity index (χ0v) is 12.6. The van der Waals surface area contributed by atoms with Crippen LogP contribution < -0.4 is 20.1 Å². The molecule has 0 fully saturated rings. The van der Waals surface area contributed by atoms with Gasteiger partial charge in [0.05, 0.1) is 13.2 Å². The van der Waals surface area contributed by atoms with E-state index in [0.717, 1.165) is 30.0 Å². The molecule has 0 aromatic heterocycles. The molecule has 2 amide bonds. The summed E-state index contributed by atoms with van der Waals surface area (Å²) in [4.78, 5) is 12.8. The number of hydrogen-bond acceptors (Lipinski definition) is 4. The predicted molar refractivity (Wildman–Crippen MR) is 80.8 cm³/mol. The summed E-state index contributed by atoms with van der Waals surface area (Å²) in [6.45, 7) is 3.45. The van der Waals surface area contributed by atoms with Gasteiger partial charge in [-0.1, -0.05) is 6.07 Å². The highest BCUT2D eigenvalue weighted by atomic mass is 16.5. The second kappa shape index (κ2) is 7.73. The molecular weight excluding hydrogens is 270 g/mol. The minimum Gasteiger partial charge on any atom is -0.490 e. The Morgan fingerprint density at radius 1 is 1.19 bits per heavy atom. The summed E-state index contributed by atoms with van der Waals surface area (Å²) < 4.78 is 11.3. The normalized spacial score (nSPS) is 13.4. The summed E-state index contributed by atoms with van der Waals surface area (Å²) in [5.74, 6) is 1.63. The summed E-state index contributed by atoms with van der Waals surface area (Å²) >= 11 is 0. The Kier molecular flexibility index (Phi) is 5.68. The van der Waals surface area contributed by atoms with Crippen molar-refractivity contribution in [3.8, 4) is 11.5 Å². The van der Waals surface area contributed by atoms with Crippen molar-refractivity contribution in [3.05, 3.63) is 23.8 Å². The Hall–Kier alpha value is -1.95. The lowest BCUT2D eigenvalue weighted by atomic mass is 10.2. The zero-order chi connectivity index (χ0) is 15.1. The Morgan fingerprint density at radius 3 is 2.71 bits per heavy atom. The first-order valence-corrected chi connectivity index (χ1v) is 7.21. The second-order valence-electron chi connectivity index (χ2n) is 5.13. The third-order valence-electron chi connectivity index (χ3n) is 3.13. The Morgan fingerprint density at radius 2 is 1.95 bits per heavy atom. The van der Waals surface area contributed by atoms with Crippen LogP contribution in [0.5, 0.6) is 11.5 Å². The molecule has 21 heavy (non-hydrogen) atoms. The lowest BCUT2D eigenvalue weighted by Gasteiger charge is -2.13. The van der Waals surface area contributed by atoms with Crippen LogP contribution in [0.3, 0.4) is 0 Å². The highest BCUT2D eigenvalue weighted by Gasteiger charge is 2.10. The minimum atomic E-state index is -0.0765. The van der Waals surface area contributed by atoms with Crippen LogP contribution in [0.25, 0.3) is 0 Å². The molecular formula is C15H23N3O3. The number of ether oxygens (including phenoxy) is 2. The number of nitrogens with one attached hydrogen (secondary N) is 2. The SMILES string of the molecule is CN(C)C(=O)NCCNCc1ccc2c(c1)OCCCO2. The van der Waals surface area contributed by atoms with Crippen molar-refractivity contribution in [2.45, 2.75) is 13.0 Å². The topological polar surface area (TPSA) is 62.8 Å². The summed E-state index contributed by atoms with van der Waals surface area (Å²) in [6.07, 6.45) is 0.911. The van der Waals surface area contributed by atoms with Gasteiger partial charge in [0, 0.05) is 40.2 Å². The smallest absolute Gasteiger partial charge is 0.316 e. The number of urea groups is 1. The van der Waals surface area contributed by atoms with E-state index in [1.54, 1.807) is 14.1 Å². The molecule has 6 nitrogen and oxygen atoms in total. The van der Waals surface area contributed by atoms with Crippen molar-refractivity contribution < 1.29 is 14.3 Å². The van der Waals surface area contributed by atoms with Gasteiger partial charge in [-0.2, -0.15) is 0 Å². The number of carbonyl (C=O) groups excluding carboxylic acids is 1. The standard InChI is InChI=1S/C15H23N3O3/c1-18(2)15(19)17-7-6-16-11-12-4-5-13-14(10-12)21-9-3-8-20-13/h4-5,10,16H,3,6-9,11H2,1-2H3,(H,17,19). The lowest BCUT2D eigenvalue weighted by Crippen LogP contribution is -2.38. The molecule has 0 atom stereocenters. The first-order chi connectivity index (χ1) is 10.2. The summed E-state index contributed by atoms with van der Waals surface area (Å²) in [7, 11) is 3.45. The third-order valence-corrected chi connectivity index (χ3v) is 3.13. The molecule has 0 saturated heterocycles. The number of rotatable bonds is 5. The maximum atomic E-state index is 11.3. The summed E-state index contributed by atoms with van der Waals surface area (Å²) in [6, 6.07) is 5.91. The van der Waals surface area contributed by atoms with Crippen molar-refractivity contribution in [3.63, 3.8) is 0 Å². The third kappa shape index (κ3) is 4.82. The molecule has 0 spiro atoms. The molecule has 0 radical (unpaired) electrons. The molecule has 0 unspecified atom stereocenters. The number of hydrogen-bond donors (Lipinski definition) is 2. The summed E-state index contributed by atoms with van der Waals surface area (Å²) in [5, 5.41) is 6.10. The molecule has 2 rings (SSSR count). The van der Waals surface area contributed by atoms with E-state index in [9.17, 15) is 4.79 Å². The summed E-state index contributed by atoms with van der Waals surface area (Å²) in [5.41, 5.74) is 1.14. The minimum absolute atomic E-state index is 0.0765. The molecule has 1 aromatic rings. The molecule has 6 heteroatoms. The van der Waals surface area contributed by atoms with Crippen molar-refractivity contribution in [1.29, 1.82) is 0 Å². The van der Waals surface area contributed by atoms with E-state index in [4.69, 9.17) is 9.47 Å². The van der Waals surface area contributed by atoms with Gasteiger partial charge in [-0.25, -0.2) is 4.79 Å². The maximum absolute atomic E-state index is 11.3. The Bertz CT molecular complexity index is 477. The molecule has 2 N–H and O–H groups in total. The van der Waals surface area contributed by atoms with Gasteiger partial charge in [-0.15, -0.1) is 0 Å². The van der Waals surface area contributed by atoms with Gasteiger partial charge >= 0.3 is 6.03 Å². The first-order valence-electron chi connectivity index (χ1n) is 7.21. The number of fused-ring (bicyclic) bond motifs is 1. The van der Waals surface area contributed by atoms with Gasteiger partial charge in [-0.3, -0.25) is 0 Å². The van der Waals surface area contributed by atoms with Crippen LogP contribution >= 0.6 is 0 Å². The fourth-order valence-corrected chi connectivity index (χ4v) is 1.97. The van der Waals surface area contributed by atoms with Crippen molar-refractivity contribution in [2.75, 3.05) is 40.4 Å². The van der Waals surface area contributed by atoms with Crippen molar-refractivity contribution >= 4 is 6.03 Å². The van der Waals surface area contributed by atoms with Gasteiger partial charge in [0.25, 0.3) is 0 Å². The van der Waals surface area contributed by atoms with Crippen LogP contribution in [0.15, 0.2) is 18.2 Å². The largest absolute Gasteiger partial charge is 0.490 e. The number of benzene rings is 1. The van der Waals surface area contributed by atoms with Crippen molar-refractivity contribution in [2.24, 2.45) is 0 Å². The van der Waals surface area contributed by atoms with Gasteiger partial charge in [-0.05, 0) is 17.7 Å². The van der Waals surface area contributed by atoms with Gasteiger partial charge in [0.1, 0.15) is 0 Å². The zero-order valence-electron chi connectivity index (χ0n) is 12.6. The lowest BCUT2D eigenvalue weighted by molar-refractivity contribution is 0.217. The average Bonchev–Trinajstić information content (AvgIpc) is 2.71. The number of nitrogens with zero attached hydrogens (tertiary/aromatic N) is 1. The van der Waals surface area contributed by atoms with E-state index in [0.29, 0.717) is 26.3 Å². The van der Waals surface area contributed by atoms with Crippen LogP contribution in [0.4, 0.5) is 4.79 Å². The molecule has 0 saturated carbocycles. The molecule has 116 valence electrons. The van der Waals surface area contributed by atoms with E-state index < -0.39 is 0 Å². The van der Waals surface area contributed by atoms with Gasteiger partial charge in [0.15, 0.2) is 11.5 Å². The molecule has 0 bridgehead atoms. The first kappa shape index (κ1) is 15.4. The number of amides is 2. The Balaban J connectivity index is 1.74. The highest BCUT2D eigenvalue weighted by molar-refractivity contribution is 5.73. The van der Waals surface area contributed by atoms with Crippen LogP contribution in [0.1, 0.15) is 12.0 Å². The number of carbonyl (C=O) groups is 1. The van der Waals surface area contributed by atoms with Crippen LogP contribution in [0.2, 0.25) is 0 Å². The molecule has 1 aliphatic heterocycles. The van der Waals surface area contributed by atoms with Crippen LogP contribution in [-0.4, -0.2) is 51.3 Å². The van der Waals surface area contributed by atoms with Crippen LogP contribution in [-0.2, 0) is 6.54 Å². The second-order valence-corrected chi connectivity index (χ2v) is 5.13. The monoisotopic (exact) mass is 293 g/mol. The molecule has 1 heterocycles. The van der Waals surface area contributed by atoms with E-state index in [1.807, 2.05) is 18.2 Å². The van der Waals surface area contributed by atoms with Crippen molar-refractivity contribution in [1.82, 2.24) is 15.5 Å². The molecule has 1 aromatic carbocycles. The fourth-order valence-electron chi connectivity index (χ4n) is 1.97. The quantitative estimate of drug-likeness (QED) is 0.801. The van der Waals surface area contributed by atoms with Crippen LogP contribution in [0, 0.1) is 0 Å².